The molecule has 1 fully saturated rings. The lowest BCUT2D eigenvalue weighted by atomic mass is 9.57. The molecule has 42 heavy (non-hydrogen) atoms. The van der Waals surface area contributed by atoms with Gasteiger partial charge in [0.1, 0.15) is 22.8 Å². The number of amides is 1. The van der Waals surface area contributed by atoms with Crippen molar-refractivity contribution in [2.75, 3.05) is 38.4 Å². The molecule has 11 heteroatoms. The number of ketones is 2. The van der Waals surface area contributed by atoms with Gasteiger partial charge in [-0.25, -0.2) is 0 Å². The molecule has 0 spiro atoms. The molecule has 11 nitrogen and oxygen atoms in total. The summed E-state index contributed by atoms with van der Waals surface area (Å²) >= 11 is 0. The molecule has 0 bridgehead atoms. The predicted octanol–water partition coefficient (Wildman–Crippen LogP) is 2.28. The molecule has 0 saturated heterocycles. The maximum Gasteiger partial charge on any atom is 0.255 e. The summed E-state index contributed by atoms with van der Waals surface area (Å²) in [5.74, 6) is -6.67. The van der Waals surface area contributed by atoms with E-state index in [0.29, 0.717) is 11.1 Å². The van der Waals surface area contributed by atoms with E-state index < -0.39 is 58.0 Å². The van der Waals surface area contributed by atoms with Crippen LogP contribution in [0.4, 0.5) is 11.4 Å². The van der Waals surface area contributed by atoms with E-state index in [4.69, 9.17) is 5.73 Å². The van der Waals surface area contributed by atoms with E-state index in [2.05, 4.69) is 5.32 Å². The molecule has 224 valence electrons. The second kappa shape index (κ2) is 10.8. The lowest BCUT2D eigenvalue weighted by molar-refractivity contribution is -0.153. The summed E-state index contributed by atoms with van der Waals surface area (Å²) in [7, 11) is 6.80. The monoisotopic (exact) mass is 578 g/mol. The average Bonchev–Trinajstić information content (AvgIpc) is 2.90. The normalized spacial score (nSPS) is 25.0. The first-order valence-electron chi connectivity index (χ1n) is 13.3. The number of carbonyl (C=O) groups excluding carboxylic acids is 3. The molecule has 0 unspecified atom stereocenters. The summed E-state index contributed by atoms with van der Waals surface area (Å²) in [6, 6.07) is 10.1. The third-order valence-corrected chi connectivity index (χ3v) is 8.51. The van der Waals surface area contributed by atoms with E-state index in [1.807, 2.05) is 55.4 Å². The van der Waals surface area contributed by atoms with E-state index in [9.17, 15) is 34.8 Å². The van der Waals surface area contributed by atoms with E-state index >= 15 is 0 Å². The van der Waals surface area contributed by atoms with Gasteiger partial charge in [-0.05, 0) is 56.6 Å². The van der Waals surface area contributed by atoms with Gasteiger partial charge in [0.05, 0.1) is 11.6 Å². The first kappa shape index (κ1) is 30.6. The van der Waals surface area contributed by atoms with Gasteiger partial charge in [0, 0.05) is 49.1 Å². The summed E-state index contributed by atoms with van der Waals surface area (Å²) in [5.41, 5.74) is 4.41. The van der Waals surface area contributed by atoms with Crippen molar-refractivity contribution < 1.29 is 34.8 Å². The predicted molar refractivity (Wildman–Crippen MR) is 159 cm³/mol. The fourth-order valence-electron chi connectivity index (χ4n) is 6.63. The summed E-state index contributed by atoms with van der Waals surface area (Å²) < 4.78 is 0. The fraction of sp³-hybridized carbons (Fsp3) is 0.387. The van der Waals surface area contributed by atoms with Crippen LogP contribution in [0.2, 0.25) is 0 Å². The van der Waals surface area contributed by atoms with E-state index in [-0.39, 0.29) is 43.7 Å². The Morgan fingerprint density at radius 1 is 1.10 bits per heavy atom. The Kier molecular flexibility index (Phi) is 7.88. The van der Waals surface area contributed by atoms with Crippen LogP contribution in [0.25, 0.3) is 5.76 Å². The fourth-order valence-corrected chi connectivity index (χ4v) is 6.63. The van der Waals surface area contributed by atoms with Crippen molar-refractivity contribution in [3.05, 3.63) is 70.0 Å². The van der Waals surface area contributed by atoms with Gasteiger partial charge < -0.3 is 36.4 Å². The molecule has 1 amide bonds. The van der Waals surface area contributed by atoms with Crippen LogP contribution < -0.4 is 16.0 Å². The highest BCUT2D eigenvalue weighted by Gasteiger charge is 2.64. The number of para-hydroxylation sites is 1. The molecule has 3 aliphatic rings. The van der Waals surface area contributed by atoms with E-state index in [1.54, 1.807) is 14.1 Å². The molecule has 2 aromatic rings. The van der Waals surface area contributed by atoms with Crippen LogP contribution in [0.1, 0.15) is 30.5 Å². The van der Waals surface area contributed by atoms with Crippen LogP contribution in [-0.2, 0) is 27.3 Å². The molecule has 0 aromatic heterocycles. The lowest BCUT2D eigenvalue weighted by Crippen LogP contribution is -2.65. The van der Waals surface area contributed by atoms with Gasteiger partial charge in [0.25, 0.3) is 5.91 Å². The number of aliphatic hydroxyl groups is 3. The van der Waals surface area contributed by atoms with Gasteiger partial charge in [-0.15, -0.1) is 0 Å². The number of rotatable bonds is 6. The first-order valence-corrected chi connectivity index (χ1v) is 13.3. The molecule has 0 radical (unpaired) electrons. The number of nitrogens with two attached hydrogens (primary N) is 1. The average molecular weight is 579 g/mol. The number of hydrogen-bond acceptors (Lipinski definition) is 10. The van der Waals surface area contributed by atoms with Crippen LogP contribution >= 0.6 is 0 Å². The number of anilines is 2. The van der Waals surface area contributed by atoms with Gasteiger partial charge in [0.2, 0.25) is 5.78 Å². The molecule has 3 aliphatic carbocycles. The van der Waals surface area contributed by atoms with Crippen LogP contribution in [0.3, 0.4) is 0 Å². The van der Waals surface area contributed by atoms with Crippen LogP contribution in [0.15, 0.2) is 53.3 Å². The van der Waals surface area contributed by atoms with Crippen molar-refractivity contribution in [2.24, 2.45) is 17.6 Å². The number of benzene rings is 2. The Morgan fingerprint density at radius 2 is 1.74 bits per heavy atom. The molecule has 2 aromatic carbocycles. The van der Waals surface area contributed by atoms with Gasteiger partial charge in [-0.2, -0.15) is 0 Å². The number of fused-ring (bicyclic) bond motifs is 3. The van der Waals surface area contributed by atoms with Crippen molar-refractivity contribution in [1.29, 1.82) is 0 Å². The van der Waals surface area contributed by atoms with Gasteiger partial charge in [0.15, 0.2) is 11.4 Å². The van der Waals surface area contributed by atoms with Gasteiger partial charge in [-0.1, -0.05) is 25.6 Å². The minimum Gasteiger partial charge on any atom is -0.508 e. The number of aromatic hydroxyl groups is 1. The van der Waals surface area contributed by atoms with Crippen LogP contribution in [-0.4, -0.2) is 82.6 Å². The number of Topliss-reactive ketones (excluding diaryl/α,β-unsaturated/α-hetero) is 2. The van der Waals surface area contributed by atoms with Crippen LogP contribution in [0.5, 0.6) is 5.75 Å². The zero-order valence-corrected chi connectivity index (χ0v) is 23.3. The highest BCUT2D eigenvalue weighted by atomic mass is 16.3. The van der Waals surface area contributed by atoms with Crippen molar-refractivity contribution in [3.63, 3.8) is 0 Å². The smallest absolute Gasteiger partial charge is 0.255 e. The Hall–Kier alpha value is -4.35. The van der Waals surface area contributed by atoms with E-state index in [1.165, 1.54) is 4.90 Å². The number of hydrogen-bond donors (Lipinski definition) is 6. The quantitative estimate of drug-likeness (QED) is 0.279. The first-order chi connectivity index (χ1) is 19.3. The Morgan fingerprint density at radius 3 is 2.31 bits per heavy atom. The minimum absolute atomic E-state index is 0. The second-order valence-corrected chi connectivity index (χ2v) is 11.3. The third kappa shape index (κ3) is 4.40. The van der Waals surface area contributed by atoms with Crippen molar-refractivity contribution in [1.82, 2.24) is 4.90 Å². The number of nitrogens with zero attached hydrogens (tertiary/aromatic N) is 2. The molecular weight excluding hydrogens is 540 g/mol. The summed E-state index contributed by atoms with van der Waals surface area (Å²) in [6.07, 6.45) is 0.263. The van der Waals surface area contributed by atoms with Gasteiger partial charge >= 0.3 is 0 Å². The number of likely N-dealkylation sites (N-methyl/N-ethyl adjacent to an activating group) is 1. The molecule has 0 heterocycles. The van der Waals surface area contributed by atoms with E-state index in [0.717, 1.165) is 11.4 Å². The summed E-state index contributed by atoms with van der Waals surface area (Å²) in [5, 5.41) is 49.0. The number of carbonyl (C=O) groups is 3. The summed E-state index contributed by atoms with van der Waals surface area (Å²) in [6.45, 7) is 0.216. The number of phenolic OH excluding ortho intramolecular Hbond substituents is 1. The second-order valence-electron chi connectivity index (χ2n) is 11.3. The zero-order valence-electron chi connectivity index (χ0n) is 23.3. The number of nitrogens with one attached hydrogen (secondary N) is 1. The highest BCUT2D eigenvalue weighted by molar-refractivity contribution is 6.24. The zero-order chi connectivity index (χ0) is 30.0. The Balaban J connectivity index is 0.00000405. The molecule has 1 saturated carbocycles. The molecule has 0 aliphatic heterocycles. The molecule has 5 rings (SSSR count). The molecule has 4 atom stereocenters. The SMILES string of the molecule is C.CN(C)c1cc(CNc2ccccc2)c(O)c2c1C[C@H]1C[C@H]3[C@H](N(C)C)C(=O)C(C(N)=O)=C(O)[C@@]3(O)C(=O)C1=C2O. The molecular formula is C31H38N4O7. The van der Waals surface area contributed by atoms with Crippen LogP contribution in [0, 0.1) is 11.8 Å². The van der Waals surface area contributed by atoms with Gasteiger partial charge in [-0.3, -0.25) is 19.3 Å². The Bertz CT molecular complexity index is 1530. The number of aliphatic hydroxyl groups excluding tert-OH is 2. The lowest BCUT2D eigenvalue weighted by Gasteiger charge is -2.50. The maximum atomic E-state index is 14.1. The minimum atomic E-state index is -2.67. The van der Waals surface area contributed by atoms with Crippen molar-refractivity contribution >= 4 is 34.6 Å². The standard InChI is InChI=1S/C30H34N4O7.CH4/c1-33(2)19-12-15(13-32-16-8-6-5-7-9-16)24(35)21-17(19)10-14-11-18-23(34(3)4)26(37)22(29(31)40)28(39)30(18,41)27(38)20(14)25(21)36;/h5-9,12,14,18,23,32,35-36,39,41H,10-11,13H2,1-4H3,(H2,31,40);1H4/t14-,18-,23-,30-;/m0./s1. The highest BCUT2D eigenvalue weighted by Crippen LogP contribution is 2.54. The largest absolute Gasteiger partial charge is 0.508 e. The van der Waals surface area contributed by atoms with Crippen molar-refractivity contribution in [3.8, 4) is 5.75 Å². The Labute approximate surface area is 244 Å². The molecule has 7 N–H and O–H groups in total. The summed E-state index contributed by atoms with van der Waals surface area (Å²) in [4.78, 5) is 42.8. The number of phenols is 1. The third-order valence-electron chi connectivity index (χ3n) is 8.51. The van der Waals surface area contributed by atoms with Crippen molar-refractivity contribution in [2.45, 2.75) is 38.5 Å². The number of primary amides is 1. The maximum absolute atomic E-state index is 14.1. The topological polar surface area (TPSA) is 177 Å².